The number of ether oxygens (including phenoxy) is 1. The molecule has 2 aromatic rings. The fourth-order valence-corrected chi connectivity index (χ4v) is 4.83. The Labute approximate surface area is 174 Å². The molecule has 154 valence electrons. The highest BCUT2D eigenvalue weighted by Crippen LogP contribution is 2.34. The predicted octanol–water partition coefficient (Wildman–Crippen LogP) is 3.73. The highest BCUT2D eigenvalue weighted by Gasteiger charge is 2.36. The van der Waals surface area contributed by atoms with Gasteiger partial charge < -0.3 is 9.64 Å². The van der Waals surface area contributed by atoms with Gasteiger partial charge in [-0.2, -0.15) is 9.57 Å². The van der Waals surface area contributed by atoms with Crippen molar-refractivity contribution in [2.24, 2.45) is 0 Å². The zero-order valence-corrected chi connectivity index (χ0v) is 17.3. The number of alkyl halides is 3. The molecule has 0 atom stereocenters. The summed E-state index contributed by atoms with van der Waals surface area (Å²) in [6.07, 6.45) is -5.01. The summed E-state index contributed by atoms with van der Waals surface area (Å²) >= 11 is 3.03. The van der Waals surface area contributed by atoms with Crippen LogP contribution in [0, 0.1) is 11.3 Å². The molecule has 0 unspecified atom stereocenters. The molecule has 1 saturated heterocycles. The summed E-state index contributed by atoms with van der Waals surface area (Å²) in [5.74, 6) is -0.776. The quantitative estimate of drug-likeness (QED) is 0.654. The normalized spacial score (nSPS) is 15.8. The van der Waals surface area contributed by atoms with Crippen LogP contribution in [0.25, 0.3) is 0 Å². The van der Waals surface area contributed by atoms with Gasteiger partial charge in [-0.3, -0.25) is 0 Å². The van der Waals surface area contributed by atoms with Gasteiger partial charge in [0, 0.05) is 36.3 Å². The SMILES string of the molecule is N#Cc1ccc(N2CCN(S(=O)(=O)c3ccc(Br)cc3OC(F)(F)F)CC2)cc1. The van der Waals surface area contributed by atoms with Crippen molar-refractivity contribution in [3.05, 3.63) is 52.5 Å². The second kappa shape index (κ2) is 8.22. The second-order valence-corrected chi connectivity index (χ2v) is 9.01. The number of halogens is 4. The van der Waals surface area contributed by atoms with Crippen molar-refractivity contribution in [3.63, 3.8) is 0 Å². The number of hydrogen-bond donors (Lipinski definition) is 0. The molecule has 0 N–H and O–H groups in total. The minimum absolute atomic E-state index is 0.101. The Morgan fingerprint density at radius 2 is 1.66 bits per heavy atom. The van der Waals surface area contributed by atoms with Crippen LogP contribution in [0.4, 0.5) is 18.9 Å². The van der Waals surface area contributed by atoms with Crippen LogP contribution in [0.3, 0.4) is 0 Å². The third kappa shape index (κ3) is 5.01. The van der Waals surface area contributed by atoms with E-state index in [-0.39, 0.29) is 17.6 Å². The summed E-state index contributed by atoms with van der Waals surface area (Å²) in [7, 11) is -4.18. The third-order valence-corrected chi connectivity index (χ3v) is 6.78. The molecule has 0 bridgehead atoms. The highest BCUT2D eigenvalue weighted by molar-refractivity contribution is 9.10. The van der Waals surface area contributed by atoms with Crippen molar-refractivity contribution in [2.75, 3.05) is 31.1 Å². The Bertz CT molecular complexity index is 1030. The first-order valence-electron chi connectivity index (χ1n) is 8.41. The number of piperazine rings is 1. The van der Waals surface area contributed by atoms with E-state index in [2.05, 4.69) is 20.7 Å². The van der Waals surface area contributed by atoms with E-state index < -0.39 is 27.0 Å². The van der Waals surface area contributed by atoms with E-state index in [1.54, 1.807) is 24.3 Å². The van der Waals surface area contributed by atoms with Crippen LogP contribution in [0.5, 0.6) is 5.75 Å². The predicted molar refractivity (Wildman–Crippen MR) is 103 cm³/mol. The third-order valence-electron chi connectivity index (χ3n) is 4.35. The molecule has 3 rings (SSSR count). The molecule has 29 heavy (non-hydrogen) atoms. The summed E-state index contributed by atoms with van der Waals surface area (Å²) in [6.45, 7) is 0.919. The van der Waals surface area contributed by atoms with Gasteiger partial charge in [0.2, 0.25) is 10.0 Å². The number of anilines is 1. The van der Waals surface area contributed by atoms with Crippen molar-refractivity contribution >= 4 is 31.6 Å². The maximum Gasteiger partial charge on any atom is 0.573 e. The van der Waals surface area contributed by atoms with Gasteiger partial charge in [0.1, 0.15) is 4.90 Å². The van der Waals surface area contributed by atoms with Crippen molar-refractivity contribution in [1.82, 2.24) is 4.31 Å². The number of hydrogen-bond acceptors (Lipinski definition) is 5. The lowest BCUT2D eigenvalue weighted by Gasteiger charge is -2.35. The molecule has 0 aromatic heterocycles. The largest absolute Gasteiger partial charge is 0.573 e. The van der Waals surface area contributed by atoms with E-state index in [1.165, 1.54) is 6.07 Å². The Hall–Kier alpha value is -2.29. The molecule has 2 aromatic carbocycles. The molecule has 0 amide bonds. The molecule has 1 aliphatic rings. The van der Waals surface area contributed by atoms with Crippen LogP contribution >= 0.6 is 15.9 Å². The lowest BCUT2D eigenvalue weighted by molar-refractivity contribution is -0.275. The summed E-state index contributed by atoms with van der Waals surface area (Å²) in [5.41, 5.74) is 1.35. The van der Waals surface area contributed by atoms with Crippen LogP contribution in [0.1, 0.15) is 5.56 Å². The number of rotatable bonds is 4. The summed E-state index contributed by atoms with van der Waals surface area (Å²) < 4.78 is 69.3. The van der Waals surface area contributed by atoms with Gasteiger partial charge in [-0.1, -0.05) is 15.9 Å². The first-order chi connectivity index (χ1) is 13.6. The molecule has 1 heterocycles. The first kappa shape index (κ1) is 21.4. The van der Waals surface area contributed by atoms with E-state index >= 15 is 0 Å². The standard InChI is InChI=1S/C18H15BrF3N3O3S/c19-14-3-6-17(16(11-14)28-18(20,21)22)29(26,27)25-9-7-24(8-10-25)15-4-1-13(12-23)2-5-15/h1-6,11H,7-10H2. The number of nitrogens with zero attached hydrogens (tertiary/aromatic N) is 3. The maximum atomic E-state index is 12.9. The Morgan fingerprint density at radius 1 is 1.03 bits per heavy atom. The Balaban J connectivity index is 1.79. The average Bonchev–Trinajstić information content (AvgIpc) is 2.67. The van der Waals surface area contributed by atoms with Gasteiger partial charge >= 0.3 is 6.36 Å². The second-order valence-electron chi connectivity index (χ2n) is 6.19. The summed E-state index contributed by atoms with van der Waals surface area (Å²) in [4.78, 5) is 1.41. The minimum Gasteiger partial charge on any atom is -0.404 e. The van der Waals surface area contributed by atoms with Crippen molar-refractivity contribution in [1.29, 1.82) is 5.26 Å². The van der Waals surface area contributed by atoms with Gasteiger partial charge in [0.25, 0.3) is 0 Å². The van der Waals surface area contributed by atoms with Crippen molar-refractivity contribution in [3.8, 4) is 11.8 Å². The van der Waals surface area contributed by atoms with E-state index in [1.807, 2.05) is 11.0 Å². The molecular weight excluding hydrogens is 475 g/mol. The molecule has 0 radical (unpaired) electrons. The van der Waals surface area contributed by atoms with Gasteiger partial charge in [-0.15, -0.1) is 13.2 Å². The maximum absolute atomic E-state index is 12.9. The Kier molecular flexibility index (Phi) is 6.07. The fraction of sp³-hybridized carbons (Fsp3) is 0.278. The monoisotopic (exact) mass is 489 g/mol. The van der Waals surface area contributed by atoms with Gasteiger partial charge in [-0.25, -0.2) is 8.42 Å². The lowest BCUT2D eigenvalue weighted by atomic mass is 10.2. The molecule has 0 spiro atoms. The van der Waals surface area contributed by atoms with Gasteiger partial charge in [0.05, 0.1) is 11.6 Å². The molecule has 1 aliphatic heterocycles. The number of sulfonamides is 1. The van der Waals surface area contributed by atoms with Crippen LogP contribution in [0.15, 0.2) is 51.8 Å². The first-order valence-corrected chi connectivity index (χ1v) is 10.6. The topological polar surface area (TPSA) is 73.6 Å². The zero-order chi connectivity index (χ0) is 21.2. The molecule has 1 fully saturated rings. The number of nitriles is 1. The molecule has 6 nitrogen and oxygen atoms in total. The van der Waals surface area contributed by atoms with Crippen LogP contribution < -0.4 is 9.64 Å². The number of benzene rings is 2. The molecule has 0 saturated carbocycles. The zero-order valence-electron chi connectivity index (χ0n) is 14.9. The van der Waals surface area contributed by atoms with Crippen molar-refractivity contribution in [2.45, 2.75) is 11.3 Å². The summed E-state index contributed by atoms with van der Waals surface area (Å²) in [5, 5.41) is 8.86. The fourth-order valence-electron chi connectivity index (χ4n) is 2.97. The van der Waals surface area contributed by atoms with Crippen molar-refractivity contribution < 1.29 is 26.3 Å². The minimum atomic E-state index is -5.01. The summed E-state index contributed by atoms with van der Waals surface area (Å²) in [6, 6.07) is 12.3. The molecule has 0 aliphatic carbocycles. The Morgan fingerprint density at radius 3 is 2.21 bits per heavy atom. The highest BCUT2D eigenvalue weighted by atomic mass is 79.9. The lowest BCUT2D eigenvalue weighted by Crippen LogP contribution is -2.48. The average molecular weight is 490 g/mol. The van der Waals surface area contributed by atoms with Gasteiger partial charge in [-0.05, 0) is 42.5 Å². The van der Waals surface area contributed by atoms with E-state index in [4.69, 9.17) is 5.26 Å². The van der Waals surface area contributed by atoms with E-state index in [0.29, 0.717) is 18.7 Å². The van der Waals surface area contributed by atoms with Crippen LogP contribution in [-0.2, 0) is 10.0 Å². The van der Waals surface area contributed by atoms with Gasteiger partial charge in [0.15, 0.2) is 5.75 Å². The van der Waals surface area contributed by atoms with E-state index in [9.17, 15) is 21.6 Å². The molecular formula is C18H15BrF3N3O3S. The van der Waals surface area contributed by atoms with E-state index in [0.717, 1.165) is 22.1 Å². The smallest absolute Gasteiger partial charge is 0.404 e. The molecule has 11 heteroatoms. The van der Waals surface area contributed by atoms with Crippen LogP contribution in [0.2, 0.25) is 0 Å². The van der Waals surface area contributed by atoms with Crippen LogP contribution in [-0.4, -0.2) is 45.3 Å².